The first kappa shape index (κ1) is 12.6. The van der Waals surface area contributed by atoms with Crippen LogP contribution in [0, 0.1) is 11.8 Å². The van der Waals surface area contributed by atoms with Gasteiger partial charge in [0.15, 0.2) is 0 Å². The summed E-state index contributed by atoms with van der Waals surface area (Å²) in [6.07, 6.45) is 1.81. The highest BCUT2D eigenvalue weighted by Crippen LogP contribution is 2.31. The van der Waals surface area contributed by atoms with Crippen LogP contribution in [0.25, 0.3) is 10.9 Å². The highest BCUT2D eigenvalue weighted by Gasteiger charge is 2.30. The Morgan fingerprint density at radius 3 is 2.61 bits per heavy atom. The van der Waals surface area contributed by atoms with Crippen molar-refractivity contribution in [3.8, 4) is 0 Å². The van der Waals surface area contributed by atoms with Crippen molar-refractivity contribution in [1.82, 2.24) is 4.98 Å². The zero-order chi connectivity index (χ0) is 13.3. The monoisotopic (exact) mass is 246 g/mol. The first-order valence-electron chi connectivity index (χ1n) is 6.06. The van der Waals surface area contributed by atoms with Crippen LogP contribution in [0.3, 0.4) is 0 Å². The minimum Gasteiger partial charge on any atom is -0.481 e. The number of aromatic nitrogens is 1. The van der Waals surface area contributed by atoms with Gasteiger partial charge in [0, 0.05) is 23.1 Å². The molecule has 2 atom stereocenters. The quantitative estimate of drug-likeness (QED) is 0.775. The van der Waals surface area contributed by atoms with Crippen molar-refractivity contribution < 1.29 is 9.90 Å². The van der Waals surface area contributed by atoms with Gasteiger partial charge in [-0.25, -0.2) is 0 Å². The molecule has 0 saturated heterocycles. The van der Waals surface area contributed by atoms with E-state index in [9.17, 15) is 9.90 Å². The molecular formula is C14H18N2O2. The van der Waals surface area contributed by atoms with Crippen LogP contribution in [0.1, 0.15) is 25.5 Å². The van der Waals surface area contributed by atoms with Crippen molar-refractivity contribution >= 4 is 16.9 Å². The van der Waals surface area contributed by atoms with Crippen LogP contribution < -0.4 is 5.73 Å². The molecule has 0 amide bonds. The topological polar surface area (TPSA) is 79.1 Å². The third kappa shape index (κ3) is 2.11. The summed E-state index contributed by atoms with van der Waals surface area (Å²) in [5.41, 5.74) is 8.00. The number of para-hydroxylation sites is 1. The zero-order valence-electron chi connectivity index (χ0n) is 10.6. The Balaban J connectivity index is 2.44. The van der Waals surface area contributed by atoms with Crippen molar-refractivity contribution in [3.63, 3.8) is 0 Å². The van der Waals surface area contributed by atoms with E-state index in [4.69, 9.17) is 5.73 Å². The number of hydrogen-bond donors (Lipinski definition) is 3. The standard InChI is InChI=1S/C14H18N2O2/c1-8(2)12(14(17)18)13(15)10-7-16-11-6-4-3-5-9(10)11/h3-8,12-13,16H,15H2,1-2H3,(H,17,18). The molecule has 0 aliphatic heterocycles. The molecule has 4 nitrogen and oxygen atoms in total. The molecule has 2 aromatic rings. The average molecular weight is 246 g/mol. The van der Waals surface area contributed by atoms with Crippen LogP contribution in [-0.2, 0) is 4.79 Å². The number of carboxylic acids is 1. The molecule has 1 heterocycles. The van der Waals surface area contributed by atoms with Crippen molar-refractivity contribution in [2.75, 3.05) is 0 Å². The summed E-state index contributed by atoms with van der Waals surface area (Å²) in [5, 5.41) is 10.3. The molecule has 4 N–H and O–H groups in total. The van der Waals surface area contributed by atoms with Crippen molar-refractivity contribution in [2.24, 2.45) is 17.6 Å². The number of aromatic amines is 1. The van der Waals surface area contributed by atoms with Gasteiger partial charge in [-0.2, -0.15) is 0 Å². The smallest absolute Gasteiger partial charge is 0.308 e. The van der Waals surface area contributed by atoms with E-state index < -0.39 is 17.9 Å². The van der Waals surface area contributed by atoms with Crippen molar-refractivity contribution in [3.05, 3.63) is 36.0 Å². The summed E-state index contributed by atoms with van der Waals surface area (Å²) in [7, 11) is 0. The van der Waals surface area contributed by atoms with Crippen molar-refractivity contribution in [2.45, 2.75) is 19.9 Å². The fraction of sp³-hybridized carbons (Fsp3) is 0.357. The molecule has 96 valence electrons. The fourth-order valence-electron chi connectivity index (χ4n) is 2.42. The number of nitrogens with one attached hydrogen (secondary N) is 1. The number of benzene rings is 1. The fourth-order valence-corrected chi connectivity index (χ4v) is 2.42. The Hall–Kier alpha value is -1.81. The van der Waals surface area contributed by atoms with Gasteiger partial charge in [-0.1, -0.05) is 32.0 Å². The lowest BCUT2D eigenvalue weighted by Crippen LogP contribution is -2.32. The third-order valence-corrected chi connectivity index (χ3v) is 3.37. The Labute approximate surface area is 106 Å². The van der Waals surface area contributed by atoms with E-state index in [-0.39, 0.29) is 5.92 Å². The molecule has 0 aliphatic rings. The molecule has 1 aromatic heterocycles. The predicted octanol–water partition coefficient (Wildman–Crippen LogP) is 2.52. The molecule has 18 heavy (non-hydrogen) atoms. The van der Waals surface area contributed by atoms with Crippen LogP contribution >= 0.6 is 0 Å². The number of nitrogens with two attached hydrogens (primary N) is 1. The van der Waals surface area contributed by atoms with E-state index in [1.54, 1.807) is 0 Å². The Morgan fingerprint density at radius 1 is 1.33 bits per heavy atom. The molecular weight excluding hydrogens is 228 g/mol. The Kier molecular flexibility index (Phi) is 3.39. The van der Waals surface area contributed by atoms with Crippen LogP contribution in [0.5, 0.6) is 0 Å². The van der Waals surface area contributed by atoms with E-state index in [1.807, 2.05) is 44.3 Å². The molecule has 1 aromatic carbocycles. The van der Waals surface area contributed by atoms with Crippen LogP contribution in [0.15, 0.2) is 30.5 Å². The highest BCUT2D eigenvalue weighted by molar-refractivity contribution is 5.84. The molecule has 0 saturated carbocycles. The maximum Gasteiger partial charge on any atom is 0.308 e. The SMILES string of the molecule is CC(C)C(C(=O)O)C(N)c1c[nH]c2ccccc12. The largest absolute Gasteiger partial charge is 0.481 e. The summed E-state index contributed by atoms with van der Waals surface area (Å²) in [6.45, 7) is 3.76. The first-order valence-corrected chi connectivity index (χ1v) is 6.06. The van der Waals surface area contributed by atoms with Gasteiger partial charge in [-0.3, -0.25) is 4.79 Å². The molecule has 2 unspecified atom stereocenters. The maximum atomic E-state index is 11.3. The summed E-state index contributed by atoms with van der Waals surface area (Å²) in [5.74, 6) is -1.43. The first-order chi connectivity index (χ1) is 8.52. The number of aliphatic carboxylic acids is 1. The molecule has 0 fully saturated rings. The number of carboxylic acid groups (broad SMARTS) is 1. The average Bonchev–Trinajstić information content (AvgIpc) is 2.71. The van der Waals surface area contributed by atoms with E-state index >= 15 is 0 Å². The maximum absolute atomic E-state index is 11.3. The summed E-state index contributed by atoms with van der Waals surface area (Å²) < 4.78 is 0. The summed E-state index contributed by atoms with van der Waals surface area (Å²) in [4.78, 5) is 14.5. The number of rotatable bonds is 4. The molecule has 0 radical (unpaired) electrons. The highest BCUT2D eigenvalue weighted by atomic mass is 16.4. The van der Waals surface area contributed by atoms with E-state index in [0.717, 1.165) is 16.5 Å². The van der Waals surface area contributed by atoms with Crippen LogP contribution in [0.4, 0.5) is 0 Å². The second-order valence-corrected chi connectivity index (χ2v) is 4.92. The van der Waals surface area contributed by atoms with E-state index in [1.165, 1.54) is 0 Å². The number of hydrogen-bond acceptors (Lipinski definition) is 2. The van der Waals surface area contributed by atoms with Crippen LogP contribution in [-0.4, -0.2) is 16.1 Å². The molecule has 4 heteroatoms. The summed E-state index contributed by atoms with van der Waals surface area (Å²) >= 11 is 0. The van der Waals surface area contributed by atoms with Gasteiger partial charge in [0.25, 0.3) is 0 Å². The molecule has 0 bridgehead atoms. The van der Waals surface area contributed by atoms with Crippen molar-refractivity contribution in [1.29, 1.82) is 0 Å². The second kappa shape index (κ2) is 4.82. The molecule has 0 spiro atoms. The lowest BCUT2D eigenvalue weighted by molar-refractivity contribution is -0.144. The Bertz CT molecular complexity index is 560. The van der Waals surface area contributed by atoms with Gasteiger partial charge in [0.1, 0.15) is 0 Å². The van der Waals surface area contributed by atoms with Gasteiger partial charge < -0.3 is 15.8 Å². The third-order valence-electron chi connectivity index (χ3n) is 3.37. The van der Waals surface area contributed by atoms with Gasteiger partial charge in [-0.05, 0) is 17.5 Å². The van der Waals surface area contributed by atoms with E-state index in [0.29, 0.717) is 0 Å². The van der Waals surface area contributed by atoms with Gasteiger partial charge >= 0.3 is 5.97 Å². The minimum absolute atomic E-state index is 0.00818. The summed E-state index contributed by atoms with van der Waals surface area (Å²) in [6, 6.07) is 7.28. The van der Waals surface area contributed by atoms with Gasteiger partial charge in [-0.15, -0.1) is 0 Å². The van der Waals surface area contributed by atoms with Gasteiger partial charge in [0.05, 0.1) is 5.92 Å². The zero-order valence-corrected chi connectivity index (χ0v) is 10.6. The van der Waals surface area contributed by atoms with E-state index in [2.05, 4.69) is 4.98 Å². The molecule has 0 aliphatic carbocycles. The predicted molar refractivity (Wildman–Crippen MR) is 71.2 cm³/mol. The van der Waals surface area contributed by atoms with Crippen LogP contribution in [0.2, 0.25) is 0 Å². The Morgan fingerprint density at radius 2 is 2.00 bits per heavy atom. The number of H-pyrrole nitrogens is 1. The molecule has 2 rings (SSSR count). The lowest BCUT2D eigenvalue weighted by atomic mass is 9.85. The van der Waals surface area contributed by atoms with Gasteiger partial charge in [0.2, 0.25) is 0 Å². The lowest BCUT2D eigenvalue weighted by Gasteiger charge is -2.23. The normalized spacial score (nSPS) is 14.9. The number of fused-ring (bicyclic) bond motifs is 1. The second-order valence-electron chi connectivity index (χ2n) is 4.92. The number of carbonyl (C=O) groups is 1. The minimum atomic E-state index is -0.845.